The second kappa shape index (κ2) is 9.65. The Morgan fingerprint density at radius 3 is 2.37 bits per heavy atom. The Morgan fingerprint density at radius 1 is 1.17 bits per heavy atom. The molecule has 2 rings (SSSR count). The minimum absolute atomic E-state index is 0.0736. The molecule has 1 aromatic heterocycles. The first-order chi connectivity index (χ1) is 13.9. The molecule has 0 atom stereocenters. The summed E-state index contributed by atoms with van der Waals surface area (Å²) in [5, 5.41) is 10.2. The van der Waals surface area contributed by atoms with Gasteiger partial charge in [0.15, 0.2) is 5.78 Å². The minimum Gasteiger partial charge on any atom is -0.477 e. The maximum atomic E-state index is 13.3. The number of carbonyl (C=O) groups is 3. The lowest BCUT2D eigenvalue weighted by Crippen LogP contribution is -2.36. The van der Waals surface area contributed by atoms with Crippen LogP contribution in [0, 0.1) is 17.3 Å². The molecule has 0 aliphatic heterocycles. The number of Topliss-reactive ketones (excluding diaryl/α,β-unsaturated/α-hetero) is 1. The molecule has 1 N–H and O–H groups in total. The number of carbonyl (C=O) groups excluding carboxylic acids is 2. The zero-order chi connectivity index (χ0) is 22.6. The molecule has 0 saturated heterocycles. The predicted molar refractivity (Wildman–Crippen MR) is 121 cm³/mol. The third-order valence-electron chi connectivity index (χ3n) is 3.89. The zero-order valence-electron chi connectivity index (χ0n) is 17.0. The summed E-state index contributed by atoms with van der Waals surface area (Å²) in [5.41, 5.74) is -0.0451. The third-order valence-corrected chi connectivity index (χ3v) is 5.47. The molecular weight excluding hydrogens is 445 g/mol. The van der Waals surface area contributed by atoms with Gasteiger partial charge in [0.2, 0.25) is 0 Å². The fourth-order valence-corrected chi connectivity index (χ4v) is 3.75. The van der Waals surface area contributed by atoms with Crippen molar-refractivity contribution < 1.29 is 19.5 Å². The van der Waals surface area contributed by atoms with Crippen LogP contribution in [0.25, 0.3) is 0 Å². The molecule has 0 bridgehead atoms. The van der Waals surface area contributed by atoms with Gasteiger partial charge in [0.05, 0.1) is 27.7 Å². The highest BCUT2D eigenvalue weighted by molar-refractivity contribution is 7.15. The lowest BCUT2D eigenvalue weighted by molar-refractivity contribution is -0.117. The lowest BCUT2D eigenvalue weighted by atomic mass is 9.98. The van der Waals surface area contributed by atoms with Crippen molar-refractivity contribution in [2.75, 3.05) is 11.4 Å². The molecule has 0 fully saturated rings. The van der Waals surface area contributed by atoms with E-state index >= 15 is 0 Å². The monoisotopic (exact) mass is 465 g/mol. The average molecular weight is 466 g/mol. The van der Waals surface area contributed by atoms with Crippen LogP contribution in [0.2, 0.25) is 10.0 Å². The molecule has 2 aromatic rings. The topological polar surface area (TPSA) is 74.7 Å². The molecule has 1 aromatic carbocycles. The van der Waals surface area contributed by atoms with Gasteiger partial charge in [-0.15, -0.1) is 11.3 Å². The summed E-state index contributed by atoms with van der Waals surface area (Å²) < 4.78 is 0. The van der Waals surface area contributed by atoms with Gasteiger partial charge in [-0.2, -0.15) is 0 Å². The van der Waals surface area contributed by atoms with E-state index in [0.717, 1.165) is 16.2 Å². The second-order valence-electron chi connectivity index (χ2n) is 7.54. The van der Waals surface area contributed by atoms with Crippen LogP contribution in [-0.2, 0) is 4.79 Å². The number of hydrogen-bond donors (Lipinski definition) is 1. The van der Waals surface area contributed by atoms with Crippen LogP contribution < -0.4 is 4.90 Å². The standard InChI is InChI=1S/C22H21Cl2NO4S/c1-5-14(26)12-25(20(27)16-7-6-13(23)10-17(16)24)18-11-15(8-9-22(2,3)4)30-19(18)21(28)29/h6-7,10-11H,5,12H2,1-4H3,(H,28,29). The van der Waals surface area contributed by atoms with Crippen LogP contribution in [0.5, 0.6) is 0 Å². The van der Waals surface area contributed by atoms with Crippen LogP contribution in [0.4, 0.5) is 5.69 Å². The molecule has 1 amide bonds. The molecule has 0 aliphatic rings. The zero-order valence-corrected chi connectivity index (χ0v) is 19.3. The number of carboxylic acids is 1. The van der Waals surface area contributed by atoms with Gasteiger partial charge in [-0.1, -0.05) is 42.0 Å². The first kappa shape index (κ1) is 23.9. The quantitative estimate of drug-likeness (QED) is 0.548. The van der Waals surface area contributed by atoms with E-state index in [9.17, 15) is 19.5 Å². The molecular formula is C22H21Cl2NO4S. The number of benzene rings is 1. The van der Waals surface area contributed by atoms with Crippen LogP contribution in [-0.4, -0.2) is 29.3 Å². The molecule has 0 radical (unpaired) electrons. The largest absolute Gasteiger partial charge is 0.477 e. The summed E-state index contributed by atoms with van der Waals surface area (Å²) in [5.74, 6) is 3.99. The van der Waals surface area contributed by atoms with Crippen LogP contribution in [0.1, 0.15) is 59.0 Å². The lowest BCUT2D eigenvalue weighted by Gasteiger charge is -2.22. The number of ketones is 1. The van der Waals surface area contributed by atoms with Gasteiger partial charge in [0.25, 0.3) is 5.91 Å². The fourth-order valence-electron chi connectivity index (χ4n) is 2.41. The van der Waals surface area contributed by atoms with Crippen LogP contribution >= 0.6 is 34.5 Å². The molecule has 0 aliphatic carbocycles. The Morgan fingerprint density at radius 2 is 1.83 bits per heavy atom. The fraction of sp³-hybridized carbons (Fsp3) is 0.318. The van der Waals surface area contributed by atoms with Gasteiger partial charge in [-0.3, -0.25) is 14.5 Å². The molecule has 8 heteroatoms. The van der Waals surface area contributed by atoms with Gasteiger partial charge in [0.1, 0.15) is 4.88 Å². The number of thiophene rings is 1. The molecule has 5 nitrogen and oxygen atoms in total. The van der Waals surface area contributed by atoms with E-state index in [0.29, 0.717) is 9.90 Å². The van der Waals surface area contributed by atoms with Crippen molar-refractivity contribution in [1.82, 2.24) is 0 Å². The summed E-state index contributed by atoms with van der Waals surface area (Å²) in [4.78, 5) is 38.9. The third kappa shape index (κ3) is 6.09. The maximum absolute atomic E-state index is 13.3. The number of halogens is 2. The number of hydrogen-bond acceptors (Lipinski definition) is 4. The number of amides is 1. The number of rotatable bonds is 6. The Labute approximate surface area is 189 Å². The summed E-state index contributed by atoms with van der Waals surface area (Å²) in [7, 11) is 0. The highest BCUT2D eigenvalue weighted by atomic mass is 35.5. The highest BCUT2D eigenvalue weighted by Gasteiger charge is 2.28. The summed E-state index contributed by atoms with van der Waals surface area (Å²) in [6, 6.07) is 5.90. The molecule has 30 heavy (non-hydrogen) atoms. The Kier molecular flexibility index (Phi) is 7.70. The number of nitrogens with zero attached hydrogens (tertiary/aromatic N) is 1. The smallest absolute Gasteiger partial charge is 0.348 e. The van der Waals surface area contributed by atoms with E-state index in [-0.39, 0.29) is 45.3 Å². The van der Waals surface area contributed by atoms with E-state index in [1.165, 1.54) is 24.3 Å². The van der Waals surface area contributed by atoms with E-state index in [4.69, 9.17) is 23.2 Å². The van der Waals surface area contributed by atoms with Crippen molar-refractivity contribution in [2.45, 2.75) is 34.1 Å². The van der Waals surface area contributed by atoms with Crippen molar-refractivity contribution in [3.63, 3.8) is 0 Å². The molecule has 158 valence electrons. The van der Waals surface area contributed by atoms with Crippen molar-refractivity contribution in [2.24, 2.45) is 5.41 Å². The predicted octanol–water partition coefficient (Wildman–Crippen LogP) is 5.78. The molecule has 1 heterocycles. The first-order valence-electron chi connectivity index (χ1n) is 9.12. The van der Waals surface area contributed by atoms with Crippen molar-refractivity contribution >= 4 is 57.9 Å². The van der Waals surface area contributed by atoms with Crippen molar-refractivity contribution in [3.8, 4) is 11.8 Å². The Bertz CT molecular complexity index is 1060. The van der Waals surface area contributed by atoms with Gasteiger partial charge in [-0.25, -0.2) is 4.79 Å². The van der Waals surface area contributed by atoms with E-state index in [1.54, 1.807) is 6.92 Å². The number of anilines is 1. The van der Waals surface area contributed by atoms with Crippen molar-refractivity contribution in [3.05, 3.63) is 49.6 Å². The van der Waals surface area contributed by atoms with Gasteiger partial charge in [-0.05, 0) is 45.0 Å². The van der Waals surface area contributed by atoms with E-state index in [2.05, 4.69) is 11.8 Å². The summed E-state index contributed by atoms with van der Waals surface area (Å²) in [6.07, 6.45) is 0.196. The highest BCUT2D eigenvalue weighted by Crippen LogP contribution is 2.33. The average Bonchev–Trinajstić information content (AvgIpc) is 3.07. The summed E-state index contributed by atoms with van der Waals surface area (Å²) in [6.45, 7) is 7.20. The van der Waals surface area contributed by atoms with Crippen molar-refractivity contribution in [1.29, 1.82) is 0 Å². The van der Waals surface area contributed by atoms with E-state index < -0.39 is 11.9 Å². The SMILES string of the molecule is CCC(=O)CN(C(=O)c1ccc(Cl)cc1Cl)c1cc(C#CC(C)(C)C)sc1C(=O)O. The normalized spacial score (nSPS) is 10.9. The first-order valence-corrected chi connectivity index (χ1v) is 10.7. The number of aromatic carboxylic acids is 1. The Balaban J connectivity index is 2.61. The Hall–Kier alpha value is -2.33. The maximum Gasteiger partial charge on any atom is 0.348 e. The van der Waals surface area contributed by atoms with E-state index in [1.807, 2.05) is 20.8 Å². The number of carboxylic acid groups (broad SMARTS) is 1. The van der Waals surface area contributed by atoms with Gasteiger partial charge < -0.3 is 5.11 Å². The molecule has 0 saturated carbocycles. The molecule has 0 spiro atoms. The minimum atomic E-state index is -1.21. The van der Waals surface area contributed by atoms with Crippen LogP contribution in [0.3, 0.4) is 0 Å². The second-order valence-corrected chi connectivity index (χ2v) is 9.43. The summed E-state index contributed by atoms with van der Waals surface area (Å²) >= 11 is 13.1. The van der Waals surface area contributed by atoms with Gasteiger partial charge in [0, 0.05) is 16.9 Å². The van der Waals surface area contributed by atoms with Crippen LogP contribution in [0.15, 0.2) is 24.3 Å². The van der Waals surface area contributed by atoms with Gasteiger partial charge >= 0.3 is 5.97 Å². The molecule has 0 unspecified atom stereocenters.